The summed E-state index contributed by atoms with van der Waals surface area (Å²) >= 11 is 0. The van der Waals surface area contributed by atoms with E-state index in [1.807, 2.05) is 58.0 Å². The summed E-state index contributed by atoms with van der Waals surface area (Å²) in [6.45, 7) is 7.46. The molecule has 0 spiro atoms. The SMILES string of the molecule is CC(C)C(=O)Nc1cc(-c2ccc(=O)n(C(C)C)n2)n(-c2ccccc2)n1. The largest absolute Gasteiger partial charge is 0.309 e. The lowest BCUT2D eigenvalue weighted by Crippen LogP contribution is -2.24. The van der Waals surface area contributed by atoms with Crippen molar-refractivity contribution in [1.29, 1.82) is 0 Å². The first kappa shape index (κ1) is 18.6. The normalized spacial score (nSPS) is 11.2. The Morgan fingerprint density at radius 3 is 2.33 bits per heavy atom. The number of anilines is 1. The van der Waals surface area contributed by atoms with Crippen LogP contribution in [0.2, 0.25) is 0 Å². The molecule has 1 amide bonds. The number of aromatic nitrogens is 4. The van der Waals surface area contributed by atoms with Crippen LogP contribution in [0.5, 0.6) is 0 Å². The molecule has 1 N–H and O–H groups in total. The third-order valence-corrected chi connectivity index (χ3v) is 4.06. The van der Waals surface area contributed by atoms with E-state index in [4.69, 9.17) is 0 Å². The number of hydrogen-bond acceptors (Lipinski definition) is 4. The molecule has 0 saturated heterocycles. The van der Waals surface area contributed by atoms with Crippen LogP contribution in [0.1, 0.15) is 33.7 Å². The maximum absolute atomic E-state index is 12.1. The van der Waals surface area contributed by atoms with Crippen molar-refractivity contribution in [3.05, 3.63) is 58.9 Å². The standard InChI is InChI=1S/C20H23N5O2/c1-13(2)20(27)21-18-12-17(25(23-18)15-8-6-5-7-9-15)16-10-11-19(26)24(22-16)14(3)4/h5-14H,1-4H3,(H,21,23,27). The number of nitrogens with one attached hydrogen (secondary N) is 1. The molecule has 7 heteroatoms. The van der Waals surface area contributed by atoms with Crippen molar-refractivity contribution >= 4 is 11.7 Å². The highest BCUT2D eigenvalue weighted by molar-refractivity contribution is 5.91. The van der Waals surface area contributed by atoms with E-state index >= 15 is 0 Å². The van der Waals surface area contributed by atoms with E-state index in [-0.39, 0.29) is 23.4 Å². The van der Waals surface area contributed by atoms with Crippen molar-refractivity contribution in [3.8, 4) is 17.1 Å². The van der Waals surface area contributed by atoms with Gasteiger partial charge in [-0.1, -0.05) is 32.0 Å². The van der Waals surface area contributed by atoms with Gasteiger partial charge in [-0.3, -0.25) is 9.59 Å². The molecule has 0 bridgehead atoms. The molecule has 0 fully saturated rings. The van der Waals surface area contributed by atoms with Crippen molar-refractivity contribution < 1.29 is 4.79 Å². The number of para-hydroxylation sites is 1. The Morgan fingerprint density at radius 2 is 1.70 bits per heavy atom. The molecule has 0 aliphatic carbocycles. The lowest BCUT2D eigenvalue weighted by molar-refractivity contribution is -0.118. The Morgan fingerprint density at radius 1 is 1.00 bits per heavy atom. The number of hydrogen-bond donors (Lipinski definition) is 1. The van der Waals surface area contributed by atoms with Gasteiger partial charge in [-0.25, -0.2) is 9.36 Å². The van der Waals surface area contributed by atoms with E-state index in [0.717, 1.165) is 5.69 Å². The monoisotopic (exact) mass is 365 g/mol. The van der Waals surface area contributed by atoms with Crippen LogP contribution >= 0.6 is 0 Å². The van der Waals surface area contributed by atoms with Gasteiger partial charge in [0.15, 0.2) is 5.82 Å². The van der Waals surface area contributed by atoms with Crippen molar-refractivity contribution in [2.24, 2.45) is 5.92 Å². The Labute approximate surface area is 157 Å². The number of nitrogens with zero attached hydrogens (tertiary/aromatic N) is 4. The lowest BCUT2D eigenvalue weighted by atomic mass is 10.2. The van der Waals surface area contributed by atoms with E-state index in [2.05, 4.69) is 15.5 Å². The van der Waals surface area contributed by atoms with Crippen LogP contribution in [0, 0.1) is 5.92 Å². The van der Waals surface area contributed by atoms with Crippen LogP contribution in [0.4, 0.5) is 5.82 Å². The second kappa shape index (κ2) is 7.57. The van der Waals surface area contributed by atoms with Gasteiger partial charge in [0.25, 0.3) is 5.56 Å². The van der Waals surface area contributed by atoms with Gasteiger partial charge in [-0.2, -0.15) is 5.10 Å². The van der Waals surface area contributed by atoms with Gasteiger partial charge in [0.1, 0.15) is 5.69 Å². The Hall–Kier alpha value is -3.22. The van der Waals surface area contributed by atoms with Crippen molar-refractivity contribution in [2.75, 3.05) is 5.32 Å². The summed E-state index contributed by atoms with van der Waals surface area (Å²) in [5, 5.41) is 11.8. The summed E-state index contributed by atoms with van der Waals surface area (Å²) in [7, 11) is 0. The number of carbonyl (C=O) groups excluding carboxylic acids is 1. The second-order valence-corrected chi connectivity index (χ2v) is 6.90. The average Bonchev–Trinajstić information content (AvgIpc) is 3.06. The smallest absolute Gasteiger partial charge is 0.267 e. The minimum absolute atomic E-state index is 0.0642. The van der Waals surface area contributed by atoms with Crippen molar-refractivity contribution in [1.82, 2.24) is 19.6 Å². The maximum atomic E-state index is 12.1. The van der Waals surface area contributed by atoms with Gasteiger partial charge in [-0.05, 0) is 32.0 Å². The highest BCUT2D eigenvalue weighted by atomic mass is 16.2. The summed E-state index contributed by atoms with van der Waals surface area (Å²) in [5.74, 6) is 0.173. The highest BCUT2D eigenvalue weighted by Crippen LogP contribution is 2.24. The summed E-state index contributed by atoms with van der Waals surface area (Å²) in [6.07, 6.45) is 0. The predicted octanol–water partition coefficient (Wildman–Crippen LogP) is 3.27. The molecule has 0 aliphatic heterocycles. The molecule has 0 unspecified atom stereocenters. The zero-order valence-electron chi connectivity index (χ0n) is 15.9. The first-order valence-corrected chi connectivity index (χ1v) is 8.93. The molecule has 140 valence electrons. The fourth-order valence-electron chi connectivity index (χ4n) is 2.59. The highest BCUT2D eigenvalue weighted by Gasteiger charge is 2.17. The quantitative estimate of drug-likeness (QED) is 0.752. The lowest BCUT2D eigenvalue weighted by Gasteiger charge is -2.11. The number of benzene rings is 1. The fraction of sp³-hybridized carbons (Fsp3) is 0.300. The molecule has 0 atom stereocenters. The van der Waals surface area contributed by atoms with E-state index in [9.17, 15) is 9.59 Å². The van der Waals surface area contributed by atoms with Crippen molar-refractivity contribution in [3.63, 3.8) is 0 Å². The average molecular weight is 365 g/mol. The van der Waals surface area contributed by atoms with Crippen LogP contribution in [0.3, 0.4) is 0 Å². The van der Waals surface area contributed by atoms with E-state index in [0.29, 0.717) is 17.2 Å². The summed E-state index contributed by atoms with van der Waals surface area (Å²) in [5.41, 5.74) is 1.97. The molecule has 1 aromatic carbocycles. The Kier molecular flexibility index (Phi) is 5.21. The zero-order chi connectivity index (χ0) is 19.6. The van der Waals surface area contributed by atoms with Gasteiger partial charge in [0, 0.05) is 18.1 Å². The topological polar surface area (TPSA) is 81.8 Å². The third kappa shape index (κ3) is 3.97. The molecule has 7 nitrogen and oxygen atoms in total. The van der Waals surface area contributed by atoms with Crippen LogP contribution < -0.4 is 10.9 Å². The Bertz CT molecular complexity index is 1000. The zero-order valence-corrected chi connectivity index (χ0v) is 15.9. The predicted molar refractivity (Wildman–Crippen MR) is 105 cm³/mol. The van der Waals surface area contributed by atoms with E-state index in [1.54, 1.807) is 16.8 Å². The summed E-state index contributed by atoms with van der Waals surface area (Å²) in [6, 6.07) is 14.5. The Balaban J connectivity index is 2.13. The van der Waals surface area contributed by atoms with Crippen LogP contribution in [0.25, 0.3) is 17.1 Å². The molecule has 0 aliphatic rings. The second-order valence-electron chi connectivity index (χ2n) is 6.90. The number of amides is 1. The molecule has 0 radical (unpaired) electrons. The number of carbonyl (C=O) groups is 1. The van der Waals surface area contributed by atoms with Crippen LogP contribution in [-0.2, 0) is 4.79 Å². The van der Waals surface area contributed by atoms with E-state index in [1.165, 1.54) is 10.7 Å². The van der Waals surface area contributed by atoms with Gasteiger partial charge >= 0.3 is 0 Å². The third-order valence-electron chi connectivity index (χ3n) is 4.06. The molecule has 3 aromatic rings. The van der Waals surface area contributed by atoms with E-state index < -0.39 is 0 Å². The molecule has 0 saturated carbocycles. The molecular weight excluding hydrogens is 342 g/mol. The molecule has 27 heavy (non-hydrogen) atoms. The van der Waals surface area contributed by atoms with Crippen LogP contribution in [0.15, 0.2) is 53.3 Å². The first-order valence-electron chi connectivity index (χ1n) is 8.93. The van der Waals surface area contributed by atoms with Crippen molar-refractivity contribution in [2.45, 2.75) is 33.7 Å². The summed E-state index contributed by atoms with van der Waals surface area (Å²) in [4.78, 5) is 24.1. The summed E-state index contributed by atoms with van der Waals surface area (Å²) < 4.78 is 3.15. The van der Waals surface area contributed by atoms with Gasteiger partial charge in [0.2, 0.25) is 5.91 Å². The van der Waals surface area contributed by atoms with Gasteiger partial charge in [0.05, 0.1) is 17.4 Å². The maximum Gasteiger partial charge on any atom is 0.267 e. The fourth-order valence-corrected chi connectivity index (χ4v) is 2.59. The molecule has 3 rings (SSSR count). The minimum atomic E-state index is -0.159. The molecule has 2 heterocycles. The number of rotatable bonds is 5. The minimum Gasteiger partial charge on any atom is -0.309 e. The van der Waals surface area contributed by atoms with Crippen LogP contribution in [-0.4, -0.2) is 25.5 Å². The van der Waals surface area contributed by atoms with Gasteiger partial charge < -0.3 is 5.32 Å². The first-order chi connectivity index (χ1) is 12.9. The molecular formula is C20H23N5O2. The van der Waals surface area contributed by atoms with Gasteiger partial charge in [-0.15, -0.1) is 5.10 Å². The molecule has 2 aromatic heterocycles.